The van der Waals surface area contributed by atoms with E-state index in [-0.39, 0.29) is 0 Å². The maximum Gasteiger partial charge on any atom is 0.124 e. The average molecular weight is 602 g/mol. The number of anilines is 3. The number of H-pyrrole nitrogens is 1. The highest BCUT2D eigenvalue weighted by Crippen LogP contribution is 2.47. The van der Waals surface area contributed by atoms with Crippen molar-refractivity contribution in [2.75, 3.05) is 4.90 Å². The van der Waals surface area contributed by atoms with Gasteiger partial charge in [-0.05, 0) is 71.3 Å². The van der Waals surface area contributed by atoms with Crippen molar-refractivity contribution in [3.05, 3.63) is 182 Å². The third-order valence-electron chi connectivity index (χ3n) is 9.15. The van der Waals surface area contributed by atoms with Crippen molar-refractivity contribution in [1.29, 1.82) is 0 Å². The fraction of sp³-hybridized carbons (Fsp3) is 0. The molecule has 0 aliphatic rings. The summed E-state index contributed by atoms with van der Waals surface area (Å²) in [5.41, 5.74) is 11.6. The first kappa shape index (κ1) is 27.0. The molecule has 0 amide bonds. The quantitative estimate of drug-likeness (QED) is 0.201. The number of aromatic amines is 1. The van der Waals surface area contributed by atoms with E-state index in [2.05, 4.69) is 196 Å². The second-order valence-electron chi connectivity index (χ2n) is 11.9. The first-order chi connectivity index (χ1) is 23.3. The molecule has 0 spiro atoms. The molecule has 9 aromatic rings. The Morgan fingerprint density at radius 3 is 1.60 bits per heavy atom. The topological polar surface area (TPSA) is 24.0 Å². The van der Waals surface area contributed by atoms with Gasteiger partial charge in [-0.15, -0.1) is 0 Å². The zero-order valence-corrected chi connectivity index (χ0v) is 25.7. The van der Waals surface area contributed by atoms with Crippen LogP contribution in [0.3, 0.4) is 0 Å². The van der Waals surface area contributed by atoms with E-state index < -0.39 is 0 Å². The lowest BCUT2D eigenvalue weighted by Crippen LogP contribution is -2.11. The Kier molecular flexibility index (Phi) is 6.46. The summed E-state index contributed by atoms with van der Waals surface area (Å²) in [4.78, 5) is 6.20. The summed E-state index contributed by atoms with van der Waals surface area (Å²) in [5, 5.41) is 3.71. The van der Waals surface area contributed by atoms with Gasteiger partial charge in [0, 0.05) is 44.3 Å². The number of para-hydroxylation sites is 4. The minimum absolute atomic E-state index is 1.03. The molecule has 47 heavy (non-hydrogen) atoms. The molecule has 0 radical (unpaired) electrons. The van der Waals surface area contributed by atoms with Crippen LogP contribution in [0, 0.1) is 0 Å². The van der Waals surface area contributed by atoms with Gasteiger partial charge in [-0.2, -0.15) is 0 Å². The predicted octanol–water partition coefficient (Wildman–Crippen LogP) is 12.1. The number of aromatic nitrogens is 2. The van der Waals surface area contributed by atoms with E-state index in [1.165, 1.54) is 49.4 Å². The van der Waals surface area contributed by atoms with Crippen molar-refractivity contribution >= 4 is 49.9 Å². The lowest BCUT2D eigenvalue weighted by Gasteiger charge is -2.26. The second kappa shape index (κ2) is 11.2. The molecule has 0 saturated heterocycles. The molecule has 2 aromatic heterocycles. The molecule has 0 saturated carbocycles. The van der Waals surface area contributed by atoms with E-state index in [0.717, 1.165) is 28.4 Å². The van der Waals surface area contributed by atoms with Gasteiger partial charge in [0.2, 0.25) is 0 Å². The van der Waals surface area contributed by atoms with Crippen molar-refractivity contribution in [2.45, 2.75) is 0 Å². The van der Waals surface area contributed by atoms with Crippen molar-refractivity contribution in [3.63, 3.8) is 0 Å². The third-order valence-corrected chi connectivity index (χ3v) is 9.15. The van der Waals surface area contributed by atoms with Crippen LogP contribution in [0.5, 0.6) is 0 Å². The summed E-state index contributed by atoms with van der Waals surface area (Å²) in [7, 11) is 0. The van der Waals surface area contributed by atoms with Gasteiger partial charge in [0.25, 0.3) is 0 Å². The summed E-state index contributed by atoms with van der Waals surface area (Å²) in [6, 6.07) is 65.0. The molecule has 1 N–H and O–H groups in total. The van der Waals surface area contributed by atoms with E-state index in [4.69, 9.17) is 0 Å². The number of nitrogens with one attached hydrogen (secondary N) is 1. The second-order valence-corrected chi connectivity index (χ2v) is 11.9. The largest absolute Gasteiger partial charge is 0.340 e. The number of fused-ring (bicyclic) bond motifs is 4. The standard InChI is InChI=1S/C44H31N3/c1-3-15-31(16-4-1)35-19-7-8-22-38(35)43-39-23-9-12-24-40(39)45-44(43)46(32-17-5-2-6-18-32)33-27-29-34(30-28-33)47-41-25-13-10-20-36(41)37-21-11-14-26-42(37)47/h1-30,45H. The van der Waals surface area contributed by atoms with Gasteiger partial charge >= 0.3 is 0 Å². The van der Waals surface area contributed by atoms with Crippen LogP contribution in [-0.4, -0.2) is 9.55 Å². The van der Waals surface area contributed by atoms with Crippen LogP contribution in [0.2, 0.25) is 0 Å². The molecule has 3 heteroatoms. The van der Waals surface area contributed by atoms with E-state index in [1.807, 2.05) is 0 Å². The third kappa shape index (κ3) is 4.52. The molecule has 222 valence electrons. The monoisotopic (exact) mass is 601 g/mol. The van der Waals surface area contributed by atoms with Crippen molar-refractivity contribution < 1.29 is 0 Å². The van der Waals surface area contributed by atoms with Gasteiger partial charge in [-0.25, -0.2) is 0 Å². The average Bonchev–Trinajstić information content (AvgIpc) is 3.69. The first-order valence-electron chi connectivity index (χ1n) is 16.0. The highest BCUT2D eigenvalue weighted by Gasteiger charge is 2.24. The Bertz CT molecular complexity index is 2450. The minimum atomic E-state index is 1.03. The van der Waals surface area contributed by atoms with Gasteiger partial charge in [-0.3, -0.25) is 4.90 Å². The van der Waals surface area contributed by atoms with Crippen LogP contribution in [0.25, 0.3) is 60.6 Å². The van der Waals surface area contributed by atoms with Crippen molar-refractivity contribution in [2.24, 2.45) is 0 Å². The van der Waals surface area contributed by atoms with Gasteiger partial charge in [0.1, 0.15) is 5.82 Å². The molecule has 0 bridgehead atoms. The van der Waals surface area contributed by atoms with Crippen LogP contribution >= 0.6 is 0 Å². The number of benzene rings is 7. The van der Waals surface area contributed by atoms with Crippen molar-refractivity contribution in [1.82, 2.24) is 9.55 Å². The summed E-state index contributed by atoms with van der Waals surface area (Å²) in [6.45, 7) is 0. The van der Waals surface area contributed by atoms with Crippen molar-refractivity contribution in [3.8, 4) is 27.9 Å². The number of hydrogen-bond acceptors (Lipinski definition) is 1. The highest BCUT2D eigenvalue weighted by molar-refractivity contribution is 6.10. The van der Waals surface area contributed by atoms with E-state index in [1.54, 1.807) is 0 Å². The van der Waals surface area contributed by atoms with E-state index >= 15 is 0 Å². The zero-order valence-electron chi connectivity index (χ0n) is 25.7. The van der Waals surface area contributed by atoms with Crippen LogP contribution in [0.15, 0.2) is 182 Å². The highest BCUT2D eigenvalue weighted by atomic mass is 15.2. The lowest BCUT2D eigenvalue weighted by molar-refractivity contribution is 1.17. The molecule has 0 unspecified atom stereocenters. The fourth-order valence-corrected chi connectivity index (χ4v) is 7.07. The predicted molar refractivity (Wildman–Crippen MR) is 198 cm³/mol. The van der Waals surface area contributed by atoms with Crippen LogP contribution in [0.1, 0.15) is 0 Å². The Labute approximate surface area is 273 Å². The summed E-state index contributed by atoms with van der Waals surface area (Å²) < 4.78 is 2.37. The van der Waals surface area contributed by atoms with E-state index in [0.29, 0.717) is 0 Å². The van der Waals surface area contributed by atoms with Crippen LogP contribution in [0.4, 0.5) is 17.2 Å². The number of nitrogens with zero attached hydrogens (tertiary/aromatic N) is 2. The number of hydrogen-bond donors (Lipinski definition) is 1. The molecular formula is C44H31N3. The molecular weight excluding hydrogens is 571 g/mol. The molecule has 9 rings (SSSR count). The Morgan fingerprint density at radius 1 is 0.404 bits per heavy atom. The SMILES string of the molecule is c1ccc(-c2ccccc2-c2c(N(c3ccccc3)c3ccc(-n4c5ccccc5c5ccccc54)cc3)[nH]c3ccccc23)cc1. The van der Waals surface area contributed by atoms with E-state index in [9.17, 15) is 0 Å². The summed E-state index contributed by atoms with van der Waals surface area (Å²) in [6.07, 6.45) is 0. The number of rotatable bonds is 6. The Morgan fingerprint density at radius 2 is 0.915 bits per heavy atom. The van der Waals surface area contributed by atoms with Gasteiger partial charge in [0.15, 0.2) is 0 Å². The Balaban J connectivity index is 1.26. The maximum absolute atomic E-state index is 3.85. The smallest absolute Gasteiger partial charge is 0.124 e. The molecule has 3 nitrogen and oxygen atoms in total. The molecule has 7 aromatic carbocycles. The summed E-state index contributed by atoms with van der Waals surface area (Å²) in [5.74, 6) is 1.03. The molecule has 2 heterocycles. The van der Waals surface area contributed by atoms with Gasteiger partial charge in [0.05, 0.1) is 11.0 Å². The normalized spacial score (nSPS) is 11.4. The minimum Gasteiger partial charge on any atom is -0.340 e. The molecule has 0 aliphatic carbocycles. The lowest BCUT2D eigenvalue weighted by atomic mass is 9.93. The molecule has 0 aliphatic heterocycles. The molecule has 0 atom stereocenters. The zero-order chi connectivity index (χ0) is 31.2. The van der Waals surface area contributed by atoms with Gasteiger partial charge in [-0.1, -0.05) is 127 Å². The van der Waals surface area contributed by atoms with Gasteiger partial charge < -0.3 is 9.55 Å². The maximum atomic E-state index is 3.85. The summed E-state index contributed by atoms with van der Waals surface area (Å²) >= 11 is 0. The van der Waals surface area contributed by atoms with Crippen LogP contribution in [-0.2, 0) is 0 Å². The molecule has 0 fully saturated rings. The first-order valence-corrected chi connectivity index (χ1v) is 16.0. The fourth-order valence-electron chi connectivity index (χ4n) is 7.07. The Hall–Kier alpha value is -6.32. The van der Waals surface area contributed by atoms with Crippen LogP contribution < -0.4 is 4.90 Å².